The van der Waals surface area contributed by atoms with E-state index in [9.17, 15) is 9.59 Å². The van der Waals surface area contributed by atoms with E-state index >= 15 is 0 Å². The Balaban J connectivity index is 1.29. The van der Waals surface area contributed by atoms with Crippen molar-refractivity contribution in [1.29, 1.82) is 0 Å². The molecular weight excluding hydrogens is 406 g/mol. The molecule has 0 saturated carbocycles. The SMILES string of the molecule is CN1CCN(CCNC(=O)CCCN2C(=O)[C@H](c3ccccc3)Oc3cccnc32)CC1. The van der Waals surface area contributed by atoms with E-state index in [0.29, 0.717) is 37.5 Å². The molecule has 1 aromatic carbocycles. The van der Waals surface area contributed by atoms with Gasteiger partial charge in [0.25, 0.3) is 5.91 Å². The van der Waals surface area contributed by atoms with E-state index in [0.717, 1.165) is 38.3 Å². The molecule has 2 aliphatic heterocycles. The number of amides is 2. The number of aromatic nitrogens is 1. The summed E-state index contributed by atoms with van der Waals surface area (Å²) in [7, 11) is 2.13. The minimum atomic E-state index is -0.703. The molecule has 0 aliphatic carbocycles. The van der Waals surface area contributed by atoms with Crippen molar-refractivity contribution >= 4 is 17.6 Å². The van der Waals surface area contributed by atoms with Gasteiger partial charge in [0.1, 0.15) is 0 Å². The number of anilines is 1. The van der Waals surface area contributed by atoms with Gasteiger partial charge in [-0.05, 0) is 25.6 Å². The van der Waals surface area contributed by atoms with E-state index < -0.39 is 6.10 Å². The Morgan fingerprint density at radius 2 is 1.88 bits per heavy atom. The van der Waals surface area contributed by atoms with Crippen LogP contribution in [0.4, 0.5) is 5.82 Å². The molecule has 1 atom stereocenters. The van der Waals surface area contributed by atoms with Crippen LogP contribution in [-0.4, -0.2) is 79.5 Å². The Morgan fingerprint density at radius 1 is 1.09 bits per heavy atom. The Labute approximate surface area is 189 Å². The zero-order valence-electron chi connectivity index (χ0n) is 18.6. The first kappa shape index (κ1) is 22.2. The van der Waals surface area contributed by atoms with E-state index in [2.05, 4.69) is 27.1 Å². The monoisotopic (exact) mass is 437 g/mol. The number of rotatable bonds is 8. The van der Waals surface area contributed by atoms with Gasteiger partial charge in [-0.15, -0.1) is 0 Å². The maximum atomic E-state index is 13.2. The number of nitrogens with zero attached hydrogens (tertiary/aromatic N) is 4. The molecule has 1 N–H and O–H groups in total. The lowest BCUT2D eigenvalue weighted by atomic mass is 10.1. The highest BCUT2D eigenvalue weighted by molar-refractivity contribution is 5.99. The fourth-order valence-electron chi connectivity index (χ4n) is 4.07. The number of piperazine rings is 1. The molecule has 1 saturated heterocycles. The van der Waals surface area contributed by atoms with Crippen molar-refractivity contribution in [3.05, 3.63) is 54.2 Å². The van der Waals surface area contributed by atoms with Crippen LogP contribution >= 0.6 is 0 Å². The zero-order valence-corrected chi connectivity index (χ0v) is 18.6. The highest BCUT2D eigenvalue weighted by Crippen LogP contribution is 2.37. The van der Waals surface area contributed by atoms with E-state index in [1.165, 1.54) is 0 Å². The summed E-state index contributed by atoms with van der Waals surface area (Å²) in [6, 6.07) is 13.1. The van der Waals surface area contributed by atoms with Crippen LogP contribution in [0.25, 0.3) is 0 Å². The summed E-state index contributed by atoms with van der Waals surface area (Å²) >= 11 is 0. The highest BCUT2D eigenvalue weighted by atomic mass is 16.5. The minimum absolute atomic E-state index is 0.0145. The average molecular weight is 438 g/mol. The van der Waals surface area contributed by atoms with Crippen LogP contribution < -0.4 is 15.0 Å². The fraction of sp³-hybridized carbons (Fsp3) is 0.458. The highest BCUT2D eigenvalue weighted by Gasteiger charge is 2.36. The van der Waals surface area contributed by atoms with Crippen molar-refractivity contribution in [1.82, 2.24) is 20.1 Å². The number of hydrogen-bond acceptors (Lipinski definition) is 6. The van der Waals surface area contributed by atoms with Crippen LogP contribution in [-0.2, 0) is 9.59 Å². The summed E-state index contributed by atoms with van der Waals surface area (Å²) in [6.07, 6.45) is 1.87. The second kappa shape index (κ2) is 10.6. The summed E-state index contributed by atoms with van der Waals surface area (Å²) in [5, 5.41) is 3.01. The molecule has 0 spiro atoms. The van der Waals surface area contributed by atoms with E-state index in [-0.39, 0.29) is 11.8 Å². The Morgan fingerprint density at radius 3 is 2.66 bits per heavy atom. The summed E-state index contributed by atoms with van der Waals surface area (Å²) in [6.45, 7) is 6.17. The fourth-order valence-corrected chi connectivity index (χ4v) is 4.07. The smallest absolute Gasteiger partial charge is 0.274 e. The van der Waals surface area contributed by atoms with Gasteiger partial charge >= 0.3 is 0 Å². The maximum absolute atomic E-state index is 13.2. The predicted octanol–water partition coefficient (Wildman–Crippen LogP) is 1.69. The van der Waals surface area contributed by atoms with Crippen molar-refractivity contribution in [3.8, 4) is 5.75 Å². The van der Waals surface area contributed by atoms with Crippen LogP contribution in [0.5, 0.6) is 5.75 Å². The molecule has 2 amide bonds. The first-order valence-corrected chi connectivity index (χ1v) is 11.3. The molecular formula is C24H31N5O3. The molecule has 1 fully saturated rings. The largest absolute Gasteiger partial charge is 0.472 e. The van der Waals surface area contributed by atoms with Gasteiger partial charge in [-0.3, -0.25) is 19.4 Å². The van der Waals surface area contributed by atoms with E-state index in [1.807, 2.05) is 36.4 Å². The van der Waals surface area contributed by atoms with E-state index in [1.54, 1.807) is 17.2 Å². The molecule has 170 valence electrons. The number of carbonyl (C=O) groups is 2. The summed E-state index contributed by atoms with van der Waals surface area (Å²) in [5.74, 6) is 0.955. The van der Waals surface area contributed by atoms with Gasteiger partial charge < -0.3 is 15.0 Å². The standard InChI is InChI=1S/C24H31N5O3/c1-27-15-17-28(18-16-27)14-12-25-21(30)10-6-13-29-23-20(9-5-11-26-23)32-22(24(29)31)19-7-3-2-4-8-19/h2-5,7-9,11,22H,6,10,12-18H2,1H3,(H,25,30)/t22-/m0/s1. The molecule has 8 nitrogen and oxygen atoms in total. The first-order valence-electron chi connectivity index (χ1n) is 11.3. The number of fused-ring (bicyclic) bond motifs is 1. The minimum Gasteiger partial charge on any atom is -0.472 e. The molecule has 2 aliphatic rings. The quantitative estimate of drug-likeness (QED) is 0.677. The third kappa shape index (κ3) is 5.44. The molecule has 8 heteroatoms. The number of likely N-dealkylation sites (N-methyl/N-ethyl adjacent to an activating group) is 1. The van der Waals surface area contributed by atoms with Crippen LogP contribution in [0.1, 0.15) is 24.5 Å². The van der Waals surface area contributed by atoms with Crippen LogP contribution in [0.15, 0.2) is 48.7 Å². The Kier molecular flexibility index (Phi) is 7.34. The molecule has 0 unspecified atom stereocenters. The zero-order chi connectivity index (χ0) is 22.3. The molecule has 1 aromatic heterocycles. The Hall–Kier alpha value is -2.97. The number of pyridine rings is 1. The van der Waals surface area contributed by atoms with Crippen molar-refractivity contribution in [3.63, 3.8) is 0 Å². The van der Waals surface area contributed by atoms with Crippen molar-refractivity contribution in [2.45, 2.75) is 18.9 Å². The number of carbonyl (C=O) groups excluding carboxylic acids is 2. The summed E-state index contributed by atoms with van der Waals surface area (Å²) in [5.41, 5.74) is 0.804. The van der Waals surface area contributed by atoms with Crippen LogP contribution in [0.2, 0.25) is 0 Å². The number of ether oxygens (including phenoxy) is 1. The topological polar surface area (TPSA) is 78.0 Å². The number of benzene rings is 1. The second-order valence-corrected chi connectivity index (χ2v) is 8.32. The number of nitrogens with one attached hydrogen (secondary N) is 1. The predicted molar refractivity (Wildman–Crippen MR) is 123 cm³/mol. The maximum Gasteiger partial charge on any atom is 0.274 e. The van der Waals surface area contributed by atoms with Gasteiger partial charge in [-0.2, -0.15) is 0 Å². The summed E-state index contributed by atoms with van der Waals surface area (Å²) in [4.78, 5) is 36.2. The third-order valence-electron chi connectivity index (χ3n) is 5.98. The third-order valence-corrected chi connectivity index (χ3v) is 5.98. The van der Waals surface area contributed by atoms with Crippen LogP contribution in [0.3, 0.4) is 0 Å². The molecule has 0 bridgehead atoms. The van der Waals surface area contributed by atoms with Gasteiger partial charge in [0.15, 0.2) is 11.6 Å². The van der Waals surface area contributed by atoms with Crippen LogP contribution in [0, 0.1) is 0 Å². The molecule has 3 heterocycles. The van der Waals surface area contributed by atoms with E-state index in [4.69, 9.17) is 4.74 Å². The van der Waals surface area contributed by atoms with Gasteiger partial charge in [0.05, 0.1) is 0 Å². The molecule has 32 heavy (non-hydrogen) atoms. The number of hydrogen-bond donors (Lipinski definition) is 1. The van der Waals surface area contributed by atoms with Gasteiger partial charge in [-0.1, -0.05) is 30.3 Å². The summed E-state index contributed by atoms with van der Waals surface area (Å²) < 4.78 is 5.96. The Bertz CT molecular complexity index is 915. The second-order valence-electron chi connectivity index (χ2n) is 8.32. The lowest BCUT2D eigenvalue weighted by molar-refractivity contribution is -0.127. The molecule has 2 aromatic rings. The molecule has 0 radical (unpaired) electrons. The van der Waals surface area contributed by atoms with Crippen molar-refractivity contribution in [2.75, 3.05) is 57.8 Å². The van der Waals surface area contributed by atoms with Gasteiger partial charge in [-0.25, -0.2) is 4.98 Å². The average Bonchev–Trinajstić information content (AvgIpc) is 2.82. The van der Waals surface area contributed by atoms with Gasteiger partial charge in [0, 0.05) is 64.0 Å². The van der Waals surface area contributed by atoms with Crippen molar-refractivity contribution < 1.29 is 14.3 Å². The lowest BCUT2D eigenvalue weighted by Crippen LogP contribution is -2.47. The van der Waals surface area contributed by atoms with Crippen molar-refractivity contribution in [2.24, 2.45) is 0 Å². The lowest BCUT2D eigenvalue weighted by Gasteiger charge is -2.33. The first-order chi connectivity index (χ1) is 15.6. The van der Waals surface area contributed by atoms with Gasteiger partial charge in [0.2, 0.25) is 12.0 Å². The molecule has 4 rings (SSSR count). The normalized spacial score (nSPS) is 19.3.